The molecule has 1 amide bonds. The summed E-state index contributed by atoms with van der Waals surface area (Å²) in [5, 5.41) is 13.5. The van der Waals surface area contributed by atoms with Gasteiger partial charge in [0.05, 0.1) is 31.2 Å². The maximum absolute atomic E-state index is 12.8. The molecule has 0 aromatic heterocycles. The molecule has 0 unspecified atom stereocenters. The molecule has 13 heteroatoms. The maximum Gasteiger partial charge on any atom is 0.339 e. The fourth-order valence-electron chi connectivity index (χ4n) is 2.46. The lowest BCUT2D eigenvalue weighted by atomic mass is 10.2. The molecule has 8 nitrogen and oxygen atoms in total. The molecule has 32 heavy (non-hydrogen) atoms. The van der Waals surface area contributed by atoms with Crippen LogP contribution in [0.2, 0.25) is 20.1 Å². The van der Waals surface area contributed by atoms with E-state index >= 15 is 0 Å². The van der Waals surface area contributed by atoms with Gasteiger partial charge in [0, 0.05) is 17.2 Å². The van der Waals surface area contributed by atoms with E-state index < -0.39 is 20.9 Å². The van der Waals surface area contributed by atoms with Gasteiger partial charge in [-0.1, -0.05) is 46.4 Å². The predicted molar refractivity (Wildman–Crippen MR) is 122 cm³/mol. The standard InChI is InChI=1S/C19H10Cl4N2O6S/c20-10-1-6-18(31-32(29,30)12-3-4-14(21)15(22)9-12)13(7-10)19(26)24-17-5-2-11(25(27)28)8-16(17)23/h1-9H,(H,24,26). The summed E-state index contributed by atoms with van der Waals surface area (Å²) in [5.74, 6) is -1.14. The summed E-state index contributed by atoms with van der Waals surface area (Å²) in [5.41, 5.74) is -0.441. The van der Waals surface area contributed by atoms with Gasteiger partial charge in [-0.2, -0.15) is 8.42 Å². The first kappa shape index (κ1) is 24.1. The van der Waals surface area contributed by atoms with Crippen LogP contribution in [0.5, 0.6) is 5.75 Å². The fourth-order valence-corrected chi connectivity index (χ4v) is 4.19. The third-order valence-corrected chi connectivity index (χ3v) is 6.49. The van der Waals surface area contributed by atoms with Crippen molar-refractivity contribution in [2.75, 3.05) is 5.32 Å². The number of nitro benzene ring substituents is 1. The van der Waals surface area contributed by atoms with E-state index in [1.165, 1.54) is 36.4 Å². The molecule has 0 saturated heterocycles. The normalized spacial score (nSPS) is 11.1. The van der Waals surface area contributed by atoms with Crippen LogP contribution in [-0.2, 0) is 10.1 Å². The van der Waals surface area contributed by atoms with Gasteiger partial charge in [0.2, 0.25) is 0 Å². The zero-order valence-electron chi connectivity index (χ0n) is 15.5. The molecular formula is C19H10Cl4N2O6S. The van der Waals surface area contributed by atoms with E-state index in [0.717, 1.165) is 18.2 Å². The van der Waals surface area contributed by atoms with Crippen LogP contribution in [0.4, 0.5) is 11.4 Å². The molecule has 0 aliphatic carbocycles. The molecule has 0 bridgehead atoms. The highest BCUT2D eigenvalue weighted by atomic mass is 35.5. The number of halogens is 4. The van der Waals surface area contributed by atoms with Crippen LogP contribution in [-0.4, -0.2) is 19.2 Å². The highest BCUT2D eigenvalue weighted by Crippen LogP contribution is 2.31. The van der Waals surface area contributed by atoms with E-state index in [1.54, 1.807) is 0 Å². The largest absolute Gasteiger partial charge is 0.378 e. The minimum absolute atomic E-state index is 0.00164. The van der Waals surface area contributed by atoms with E-state index in [2.05, 4.69) is 5.32 Å². The van der Waals surface area contributed by atoms with E-state index in [1.807, 2.05) is 0 Å². The zero-order valence-corrected chi connectivity index (χ0v) is 19.4. The Labute approximate surface area is 201 Å². The fraction of sp³-hybridized carbons (Fsp3) is 0. The average molecular weight is 536 g/mol. The van der Waals surface area contributed by atoms with Crippen LogP contribution >= 0.6 is 46.4 Å². The van der Waals surface area contributed by atoms with E-state index in [9.17, 15) is 23.3 Å². The molecule has 3 rings (SSSR count). The van der Waals surface area contributed by atoms with Crippen LogP contribution in [0.3, 0.4) is 0 Å². The topological polar surface area (TPSA) is 116 Å². The molecule has 0 saturated carbocycles. The molecule has 3 aromatic carbocycles. The molecule has 0 aliphatic rings. The van der Waals surface area contributed by atoms with E-state index in [-0.39, 0.29) is 47.7 Å². The Kier molecular flexibility index (Phi) is 7.16. The van der Waals surface area contributed by atoms with Crippen molar-refractivity contribution in [1.82, 2.24) is 0 Å². The quantitative estimate of drug-likeness (QED) is 0.227. The molecular weight excluding hydrogens is 526 g/mol. The summed E-state index contributed by atoms with van der Waals surface area (Å²) < 4.78 is 30.5. The average Bonchev–Trinajstić information content (AvgIpc) is 2.72. The number of hydrogen-bond acceptors (Lipinski definition) is 6. The van der Waals surface area contributed by atoms with Crippen molar-refractivity contribution >= 4 is 73.8 Å². The number of nitrogens with zero attached hydrogens (tertiary/aromatic N) is 1. The van der Waals surface area contributed by atoms with Gasteiger partial charge in [0.25, 0.3) is 11.6 Å². The van der Waals surface area contributed by atoms with Crippen molar-refractivity contribution in [1.29, 1.82) is 0 Å². The first-order valence-corrected chi connectivity index (χ1v) is 11.3. The van der Waals surface area contributed by atoms with Crippen LogP contribution < -0.4 is 9.50 Å². The number of rotatable bonds is 6. The van der Waals surface area contributed by atoms with E-state index in [4.69, 9.17) is 50.6 Å². The summed E-state index contributed by atoms with van der Waals surface area (Å²) in [7, 11) is -4.38. The summed E-state index contributed by atoms with van der Waals surface area (Å²) in [6.07, 6.45) is 0. The van der Waals surface area contributed by atoms with Crippen LogP contribution in [0.1, 0.15) is 10.4 Å². The van der Waals surface area contributed by atoms with Crippen molar-refractivity contribution in [3.05, 3.63) is 90.4 Å². The number of non-ortho nitro benzene ring substituents is 1. The van der Waals surface area contributed by atoms with Gasteiger partial charge in [-0.25, -0.2) is 0 Å². The molecule has 0 fully saturated rings. The molecule has 0 spiro atoms. The van der Waals surface area contributed by atoms with E-state index in [0.29, 0.717) is 0 Å². The van der Waals surface area contributed by atoms with Gasteiger partial charge < -0.3 is 9.50 Å². The van der Waals surface area contributed by atoms with Gasteiger partial charge in [0.1, 0.15) is 4.90 Å². The van der Waals surface area contributed by atoms with Crippen molar-refractivity contribution in [3.8, 4) is 5.75 Å². The molecule has 0 heterocycles. The minimum atomic E-state index is -4.38. The molecule has 1 N–H and O–H groups in total. The lowest BCUT2D eigenvalue weighted by Crippen LogP contribution is -2.17. The van der Waals surface area contributed by atoms with Gasteiger partial charge in [-0.15, -0.1) is 0 Å². The molecule has 0 aliphatic heterocycles. The number of carbonyl (C=O) groups is 1. The molecule has 0 atom stereocenters. The van der Waals surface area contributed by atoms with Gasteiger partial charge in [0.15, 0.2) is 5.75 Å². The number of nitro groups is 1. The van der Waals surface area contributed by atoms with Crippen molar-refractivity contribution in [2.24, 2.45) is 0 Å². The van der Waals surface area contributed by atoms with Gasteiger partial charge >= 0.3 is 10.1 Å². The third-order valence-electron chi connectivity index (χ3n) is 3.98. The molecule has 166 valence electrons. The highest BCUT2D eigenvalue weighted by molar-refractivity contribution is 7.87. The Bertz CT molecular complexity index is 1350. The lowest BCUT2D eigenvalue weighted by Gasteiger charge is -2.13. The van der Waals surface area contributed by atoms with Crippen LogP contribution in [0.25, 0.3) is 0 Å². The first-order valence-electron chi connectivity index (χ1n) is 8.42. The van der Waals surface area contributed by atoms with Gasteiger partial charge in [-0.05, 0) is 42.5 Å². The molecule has 0 radical (unpaired) electrons. The number of carbonyl (C=O) groups excluding carboxylic acids is 1. The second-order valence-electron chi connectivity index (χ2n) is 6.13. The minimum Gasteiger partial charge on any atom is -0.378 e. The Morgan fingerprint density at radius 2 is 1.62 bits per heavy atom. The molecule has 3 aromatic rings. The summed E-state index contributed by atoms with van der Waals surface area (Å²) >= 11 is 23.6. The summed E-state index contributed by atoms with van der Waals surface area (Å²) in [4.78, 5) is 22.7. The summed E-state index contributed by atoms with van der Waals surface area (Å²) in [6, 6.07) is 10.7. The van der Waals surface area contributed by atoms with Crippen molar-refractivity contribution < 1.29 is 22.3 Å². The number of hydrogen-bond donors (Lipinski definition) is 1. The zero-order chi connectivity index (χ0) is 23.6. The first-order chi connectivity index (χ1) is 15.0. The Balaban J connectivity index is 1.93. The predicted octanol–water partition coefficient (Wildman–Crippen LogP) is 6.23. The second-order valence-corrected chi connectivity index (χ2v) is 9.33. The van der Waals surface area contributed by atoms with Crippen LogP contribution in [0, 0.1) is 10.1 Å². The smallest absolute Gasteiger partial charge is 0.339 e. The maximum atomic E-state index is 12.8. The Hall–Kier alpha value is -2.56. The number of nitrogens with one attached hydrogen (secondary N) is 1. The number of benzene rings is 3. The SMILES string of the molecule is O=C(Nc1ccc([N+](=O)[O-])cc1Cl)c1cc(Cl)ccc1OS(=O)(=O)c1ccc(Cl)c(Cl)c1. The Morgan fingerprint density at radius 3 is 2.25 bits per heavy atom. The lowest BCUT2D eigenvalue weighted by molar-refractivity contribution is -0.384. The number of anilines is 1. The second kappa shape index (κ2) is 9.51. The highest BCUT2D eigenvalue weighted by Gasteiger charge is 2.23. The van der Waals surface area contributed by atoms with Crippen molar-refractivity contribution in [3.63, 3.8) is 0 Å². The number of amides is 1. The van der Waals surface area contributed by atoms with Crippen molar-refractivity contribution in [2.45, 2.75) is 4.90 Å². The summed E-state index contributed by atoms with van der Waals surface area (Å²) in [6.45, 7) is 0. The van der Waals surface area contributed by atoms with Gasteiger partial charge in [-0.3, -0.25) is 14.9 Å². The van der Waals surface area contributed by atoms with Crippen LogP contribution in [0.15, 0.2) is 59.5 Å². The Morgan fingerprint density at radius 1 is 0.906 bits per heavy atom. The monoisotopic (exact) mass is 534 g/mol. The third kappa shape index (κ3) is 5.43.